The van der Waals surface area contributed by atoms with Crippen LogP contribution in [0.15, 0.2) is 0 Å². The van der Waals surface area contributed by atoms with Crippen LogP contribution in [0, 0.1) is 0 Å². The molecule has 0 heterocycles. The fourth-order valence-electron chi connectivity index (χ4n) is 1.04. The van der Waals surface area contributed by atoms with Gasteiger partial charge in [0.15, 0.2) is 0 Å². The van der Waals surface area contributed by atoms with Crippen LogP contribution in [0.4, 0.5) is 0 Å². The van der Waals surface area contributed by atoms with Crippen molar-refractivity contribution in [3.8, 4) is 0 Å². The molecule has 0 atom stereocenters. The molecule has 0 unspecified atom stereocenters. The van der Waals surface area contributed by atoms with E-state index in [4.69, 9.17) is 5.11 Å². The predicted molar refractivity (Wildman–Crippen MR) is 61.1 cm³/mol. The Kier molecular flexibility index (Phi) is 9.31. The number of nitrogens with one attached hydrogen (secondary N) is 1. The average Bonchev–Trinajstić information content (AvgIpc) is 1.93. The number of unbranched alkanes of at least 4 members (excludes halogenated alkanes) is 2. The van der Waals surface area contributed by atoms with Gasteiger partial charge in [-0.3, -0.25) is 4.79 Å². The Morgan fingerprint density at radius 3 is 2.21 bits per heavy atom. The van der Waals surface area contributed by atoms with Gasteiger partial charge in [0.1, 0.15) is 0 Å². The Hall–Kier alpha value is -0.280. The van der Waals surface area contributed by atoms with Gasteiger partial charge in [-0.05, 0) is 40.2 Å². The Labute approximate surface area is 92.7 Å². The van der Waals surface area contributed by atoms with Crippen LogP contribution in [0.2, 0.25) is 0 Å². The van der Waals surface area contributed by atoms with Crippen molar-refractivity contribution in [1.82, 2.24) is 5.32 Å². The lowest BCUT2D eigenvalue weighted by atomic mass is 10.1. The summed E-state index contributed by atoms with van der Waals surface area (Å²) in [5.41, 5.74) is 0.173. The van der Waals surface area contributed by atoms with Crippen LogP contribution < -0.4 is 5.32 Å². The Bertz CT molecular complexity index is 155. The second kappa shape index (κ2) is 8.06. The second-order valence-electron chi connectivity index (χ2n) is 4.38. The summed E-state index contributed by atoms with van der Waals surface area (Å²) in [7, 11) is 0. The molecule has 0 saturated carbocycles. The predicted octanol–water partition coefficient (Wildman–Crippen LogP) is 2.44. The second-order valence-corrected chi connectivity index (χ2v) is 4.38. The molecule has 0 bridgehead atoms. The van der Waals surface area contributed by atoms with Crippen molar-refractivity contribution in [2.24, 2.45) is 0 Å². The molecular formula is C10H22ClNO2. The Morgan fingerprint density at radius 2 is 1.79 bits per heavy atom. The number of carbonyl (C=O) groups is 1. The van der Waals surface area contributed by atoms with Crippen molar-refractivity contribution >= 4 is 18.4 Å². The zero-order chi connectivity index (χ0) is 10.3. The smallest absolute Gasteiger partial charge is 0.303 e. The van der Waals surface area contributed by atoms with Crippen molar-refractivity contribution in [3.05, 3.63) is 0 Å². The summed E-state index contributed by atoms with van der Waals surface area (Å²) in [6.45, 7) is 7.36. The van der Waals surface area contributed by atoms with Crippen molar-refractivity contribution in [2.45, 2.75) is 52.0 Å². The number of rotatable bonds is 6. The number of aliphatic carboxylic acids is 1. The van der Waals surface area contributed by atoms with Crippen LogP contribution in [0.5, 0.6) is 0 Å². The molecule has 0 aromatic heterocycles. The third-order valence-electron chi connectivity index (χ3n) is 1.72. The van der Waals surface area contributed by atoms with Crippen molar-refractivity contribution in [2.75, 3.05) is 6.54 Å². The maximum atomic E-state index is 10.2. The molecule has 0 amide bonds. The molecule has 3 nitrogen and oxygen atoms in total. The summed E-state index contributed by atoms with van der Waals surface area (Å²) in [6, 6.07) is 0. The molecule has 0 rings (SSSR count). The van der Waals surface area contributed by atoms with E-state index < -0.39 is 5.97 Å². The van der Waals surface area contributed by atoms with Gasteiger partial charge >= 0.3 is 5.97 Å². The van der Waals surface area contributed by atoms with Gasteiger partial charge in [-0.1, -0.05) is 6.42 Å². The SMILES string of the molecule is CC(C)(C)NCCCCCC(=O)O.Cl. The Morgan fingerprint density at radius 1 is 1.21 bits per heavy atom. The van der Waals surface area contributed by atoms with E-state index in [0.29, 0.717) is 6.42 Å². The Balaban J connectivity index is 0. The van der Waals surface area contributed by atoms with E-state index in [0.717, 1.165) is 25.8 Å². The molecular weight excluding hydrogens is 202 g/mol. The van der Waals surface area contributed by atoms with Gasteiger partial charge < -0.3 is 10.4 Å². The highest BCUT2D eigenvalue weighted by molar-refractivity contribution is 5.85. The van der Waals surface area contributed by atoms with E-state index in [1.807, 2.05) is 0 Å². The molecule has 0 aliphatic carbocycles. The number of hydrogen-bond donors (Lipinski definition) is 2. The molecule has 2 N–H and O–H groups in total. The molecule has 0 saturated heterocycles. The molecule has 0 spiro atoms. The van der Waals surface area contributed by atoms with Gasteiger partial charge in [-0.2, -0.15) is 0 Å². The number of carboxylic acid groups (broad SMARTS) is 1. The first-order valence-electron chi connectivity index (χ1n) is 4.88. The topological polar surface area (TPSA) is 49.3 Å². The highest BCUT2D eigenvalue weighted by atomic mass is 35.5. The molecule has 4 heteroatoms. The fraction of sp³-hybridized carbons (Fsp3) is 0.900. The van der Waals surface area contributed by atoms with Crippen molar-refractivity contribution < 1.29 is 9.90 Å². The first-order chi connectivity index (χ1) is 5.92. The molecule has 0 aromatic carbocycles. The van der Waals surface area contributed by atoms with Gasteiger partial charge in [-0.15, -0.1) is 12.4 Å². The van der Waals surface area contributed by atoms with Crippen LogP contribution in [0.1, 0.15) is 46.5 Å². The van der Waals surface area contributed by atoms with Crippen LogP contribution in [0.25, 0.3) is 0 Å². The van der Waals surface area contributed by atoms with Crippen LogP contribution in [-0.2, 0) is 4.79 Å². The van der Waals surface area contributed by atoms with Crippen LogP contribution in [-0.4, -0.2) is 23.2 Å². The van der Waals surface area contributed by atoms with Crippen molar-refractivity contribution in [3.63, 3.8) is 0 Å². The quantitative estimate of drug-likeness (QED) is 0.680. The summed E-state index contributed by atoms with van der Waals surface area (Å²) in [5.74, 6) is -0.691. The van der Waals surface area contributed by atoms with Crippen LogP contribution in [0.3, 0.4) is 0 Å². The van der Waals surface area contributed by atoms with E-state index in [1.165, 1.54) is 0 Å². The first-order valence-corrected chi connectivity index (χ1v) is 4.88. The zero-order valence-electron chi connectivity index (χ0n) is 9.30. The lowest BCUT2D eigenvalue weighted by Gasteiger charge is -2.20. The van der Waals surface area contributed by atoms with E-state index in [9.17, 15) is 4.79 Å². The standard InChI is InChI=1S/C10H21NO2.ClH/c1-10(2,3)11-8-6-4-5-7-9(12)13;/h11H,4-8H2,1-3H3,(H,12,13);1H. The highest BCUT2D eigenvalue weighted by Crippen LogP contribution is 2.02. The molecule has 0 aromatic rings. The minimum absolute atomic E-state index is 0. The fourth-order valence-corrected chi connectivity index (χ4v) is 1.04. The van der Waals surface area contributed by atoms with Crippen molar-refractivity contribution in [1.29, 1.82) is 0 Å². The van der Waals surface area contributed by atoms with Crippen LogP contribution >= 0.6 is 12.4 Å². The summed E-state index contributed by atoms with van der Waals surface area (Å²) in [6.07, 6.45) is 3.15. The summed E-state index contributed by atoms with van der Waals surface area (Å²) in [5, 5.41) is 11.7. The highest BCUT2D eigenvalue weighted by Gasteiger charge is 2.06. The zero-order valence-corrected chi connectivity index (χ0v) is 10.1. The van der Waals surface area contributed by atoms with E-state index >= 15 is 0 Å². The van der Waals surface area contributed by atoms with Gasteiger partial charge in [-0.25, -0.2) is 0 Å². The monoisotopic (exact) mass is 223 g/mol. The maximum Gasteiger partial charge on any atom is 0.303 e. The van der Waals surface area contributed by atoms with E-state index in [1.54, 1.807) is 0 Å². The molecule has 0 radical (unpaired) electrons. The van der Waals surface area contributed by atoms with Gasteiger partial charge in [0.05, 0.1) is 0 Å². The summed E-state index contributed by atoms with van der Waals surface area (Å²) < 4.78 is 0. The normalized spacial score (nSPS) is 10.8. The molecule has 14 heavy (non-hydrogen) atoms. The molecule has 0 fully saturated rings. The number of hydrogen-bond acceptors (Lipinski definition) is 2. The minimum Gasteiger partial charge on any atom is -0.481 e. The number of halogens is 1. The molecule has 0 aliphatic rings. The van der Waals surface area contributed by atoms with E-state index in [-0.39, 0.29) is 17.9 Å². The number of carboxylic acids is 1. The minimum atomic E-state index is -0.691. The third-order valence-corrected chi connectivity index (χ3v) is 1.72. The molecule has 0 aliphatic heterocycles. The van der Waals surface area contributed by atoms with Gasteiger partial charge in [0.25, 0.3) is 0 Å². The van der Waals surface area contributed by atoms with Gasteiger partial charge in [0, 0.05) is 12.0 Å². The summed E-state index contributed by atoms with van der Waals surface area (Å²) in [4.78, 5) is 10.2. The van der Waals surface area contributed by atoms with E-state index in [2.05, 4.69) is 26.1 Å². The molecule has 86 valence electrons. The summed E-state index contributed by atoms with van der Waals surface area (Å²) >= 11 is 0. The van der Waals surface area contributed by atoms with Gasteiger partial charge in [0.2, 0.25) is 0 Å². The largest absolute Gasteiger partial charge is 0.481 e. The maximum absolute atomic E-state index is 10.2. The lowest BCUT2D eigenvalue weighted by molar-refractivity contribution is -0.137. The lowest BCUT2D eigenvalue weighted by Crippen LogP contribution is -2.36. The first kappa shape index (κ1) is 16.2. The average molecular weight is 224 g/mol. The third kappa shape index (κ3) is 14.3.